The van der Waals surface area contributed by atoms with Gasteiger partial charge in [-0.05, 0) is 87.8 Å². The van der Waals surface area contributed by atoms with Crippen molar-refractivity contribution in [3.05, 3.63) is 152 Å². The molecular weight excluding hydrogens is 591 g/mol. The first-order valence-electron chi connectivity index (χ1n) is 16.0. The minimum atomic E-state index is 0.922. The first-order valence-corrected chi connectivity index (χ1v) is 16.8. The van der Waals surface area contributed by atoms with Gasteiger partial charge in [0.25, 0.3) is 0 Å². The lowest BCUT2D eigenvalue weighted by molar-refractivity contribution is 0.669. The molecule has 0 bridgehead atoms. The highest BCUT2D eigenvalue weighted by molar-refractivity contribution is 7.26. The Labute approximate surface area is 273 Å². The number of rotatable bonds is 2. The van der Waals surface area contributed by atoms with Crippen LogP contribution in [0.4, 0.5) is 0 Å². The van der Waals surface area contributed by atoms with Gasteiger partial charge in [0, 0.05) is 53.0 Å². The lowest BCUT2D eigenvalue weighted by Crippen LogP contribution is -1.93. The molecule has 0 atom stereocenters. The third-order valence-electron chi connectivity index (χ3n) is 9.95. The summed E-state index contributed by atoms with van der Waals surface area (Å²) >= 11 is 1.89. The van der Waals surface area contributed by atoms with Crippen molar-refractivity contribution in [1.82, 2.24) is 4.57 Å². The van der Waals surface area contributed by atoms with Crippen molar-refractivity contribution >= 4 is 96.8 Å². The van der Waals surface area contributed by atoms with Gasteiger partial charge in [-0.2, -0.15) is 0 Å². The van der Waals surface area contributed by atoms with Crippen LogP contribution >= 0.6 is 11.3 Å². The molecule has 0 aliphatic rings. The number of thiophene rings is 1. The molecule has 0 unspecified atom stereocenters. The third kappa shape index (κ3) is 3.49. The van der Waals surface area contributed by atoms with E-state index in [0.29, 0.717) is 0 Å². The maximum absolute atomic E-state index is 6.41. The van der Waals surface area contributed by atoms with Crippen LogP contribution in [0.5, 0.6) is 0 Å². The summed E-state index contributed by atoms with van der Waals surface area (Å²) in [7, 11) is 0. The lowest BCUT2D eigenvalue weighted by atomic mass is 9.91. The summed E-state index contributed by atoms with van der Waals surface area (Å²) in [6.07, 6.45) is 0. The smallest absolute Gasteiger partial charge is 0.136 e. The van der Waals surface area contributed by atoms with E-state index in [1.54, 1.807) is 0 Å². The molecule has 2 nitrogen and oxygen atoms in total. The average molecular weight is 616 g/mol. The van der Waals surface area contributed by atoms with E-state index in [9.17, 15) is 0 Å². The number of furan rings is 1. The minimum Gasteiger partial charge on any atom is -0.456 e. The Morgan fingerprint density at radius 3 is 2.06 bits per heavy atom. The second-order valence-electron chi connectivity index (χ2n) is 12.5. The predicted molar refractivity (Wildman–Crippen MR) is 201 cm³/mol. The van der Waals surface area contributed by atoms with E-state index >= 15 is 0 Å². The van der Waals surface area contributed by atoms with Crippen molar-refractivity contribution in [3.63, 3.8) is 0 Å². The zero-order valence-corrected chi connectivity index (χ0v) is 26.0. The molecule has 0 saturated carbocycles. The topological polar surface area (TPSA) is 18.1 Å². The fourth-order valence-corrected chi connectivity index (χ4v) is 9.10. The SMILES string of the molecule is c1ccc(-n2c3ccccc3c3cc4c(cc32)c(-c2cccc3c2sc2ccccc23)cc2cc3oc5ccccc5c3cc24)cc1. The fraction of sp³-hybridized carbons (Fsp3) is 0. The summed E-state index contributed by atoms with van der Waals surface area (Å²) in [5, 5.41) is 12.4. The highest BCUT2D eigenvalue weighted by Crippen LogP contribution is 2.46. The van der Waals surface area contributed by atoms with Gasteiger partial charge in [0.1, 0.15) is 11.2 Å². The number of benzene rings is 8. The summed E-state index contributed by atoms with van der Waals surface area (Å²) in [4.78, 5) is 0. The summed E-state index contributed by atoms with van der Waals surface area (Å²) < 4.78 is 11.5. The van der Waals surface area contributed by atoms with Crippen molar-refractivity contribution in [2.24, 2.45) is 0 Å². The minimum absolute atomic E-state index is 0.922. The molecule has 3 heteroatoms. The van der Waals surface area contributed by atoms with Gasteiger partial charge in [-0.15, -0.1) is 11.3 Å². The molecule has 3 heterocycles. The second kappa shape index (κ2) is 9.32. The van der Waals surface area contributed by atoms with Crippen LogP contribution in [0.15, 0.2) is 156 Å². The van der Waals surface area contributed by atoms with Gasteiger partial charge in [-0.25, -0.2) is 0 Å². The Bertz CT molecular complexity index is 3070. The Morgan fingerprint density at radius 2 is 1.15 bits per heavy atom. The van der Waals surface area contributed by atoms with Crippen LogP contribution in [0, 0.1) is 0 Å². The van der Waals surface area contributed by atoms with Crippen molar-refractivity contribution in [2.75, 3.05) is 0 Å². The van der Waals surface area contributed by atoms with Gasteiger partial charge >= 0.3 is 0 Å². The van der Waals surface area contributed by atoms with Crippen molar-refractivity contribution in [1.29, 1.82) is 0 Å². The van der Waals surface area contributed by atoms with Crippen molar-refractivity contribution in [3.8, 4) is 16.8 Å². The summed E-state index contributed by atoms with van der Waals surface area (Å²) in [5.74, 6) is 0. The van der Waals surface area contributed by atoms with Crippen LogP contribution in [-0.4, -0.2) is 4.57 Å². The summed E-state index contributed by atoms with van der Waals surface area (Å²) in [6, 6.07) is 55.3. The quantitative estimate of drug-likeness (QED) is 0.177. The van der Waals surface area contributed by atoms with Crippen molar-refractivity contribution < 1.29 is 4.42 Å². The third-order valence-corrected chi connectivity index (χ3v) is 11.2. The van der Waals surface area contributed by atoms with E-state index < -0.39 is 0 Å². The Morgan fingerprint density at radius 1 is 0.404 bits per heavy atom. The van der Waals surface area contributed by atoms with Gasteiger partial charge in [0.05, 0.1) is 11.0 Å². The molecule has 0 spiro atoms. The van der Waals surface area contributed by atoms with E-state index in [1.807, 2.05) is 17.4 Å². The molecule has 0 aliphatic carbocycles. The van der Waals surface area contributed by atoms with Crippen LogP contribution in [0.2, 0.25) is 0 Å². The first kappa shape index (κ1) is 25.3. The Kier molecular flexibility index (Phi) is 5.02. The molecule has 0 radical (unpaired) electrons. The molecule has 0 N–H and O–H groups in total. The molecular formula is C44H25NOS. The highest BCUT2D eigenvalue weighted by atomic mass is 32.1. The zero-order chi connectivity index (χ0) is 30.6. The highest BCUT2D eigenvalue weighted by Gasteiger charge is 2.20. The van der Waals surface area contributed by atoms with Crippen LogP contribution in [0.3, 0.4) is 0 Å². The fourth-order valence-electron chi connectivity index (χ4n) is 7.87. The zero-order valence-electron chi connectivity index (χ0n) is 25.2. The van der Waals surface area contributed by atoms with Crippen LogP contribution in [0.1, 0.15) is 0 Å². The molecule has 47 heavy (non-hydrogen) atoms. The van der Waals surface area contributed by atoms with E-state index in [1.165, 1.54) is 80.3 Å². The van der Waals surface area contributed by atoms with Gasteiger partial charge < -0.3 is 8.98 Å². The molecule has 11 rings (SSSR count). The normalized spacial score (nSPS) is 12.3. The lowest BCUT2D eigenvalue weighted by Gasteiger charge is -2.14. The maximum Gasteiger partial charge on any atom is 0.136 e. The number of fused-ring (bicyclic) bond motifs is 12. The molecule has 3 aromatic heterocycles. The molecule has 0 aliphatic heterocycles. The monoisotopic (exact) mass is 615 g/mol. The molecule has 0 saturated heterocycles. The number of nitrogens with zero attached hydrogens (tertiary/aromatic N) is 1. The molecule has 0 fully saturated rings. The predicted octanol–water partition coefficient (Wildman–Crippen LogP) is 13.0. The van der Waals surface area contributed by atoms with E-state index in [4.69, 9.17) is 4.42 Å². The average Bonchev–Trinajstić information content (AvgIpc) is 3.79. The number of hydrogen-bond acceptors (Lipinski definition) is 2. The van der Waals surface area contributed by atoms with E-state index in [0.717, 1.165) is 21.9 Å². The molecule has 0 amide bonds. The standard InChI is InChI=1S/C44H25NOS/c1-2-11-27(12-3-1)45-39-18-7-4-13-28(39)37-24-35-33-23-38-29-14-5-8-19-41(29)46-42(38)22-26(33)21-34(36(35)25-40(37)45)32-17-10-16-31-30-15-6-9-20-43(30)47-44(31)32/h1-25H. The van der Waals surface area contributed by atoms with E-state index in [2.05, 4.69) is 150 Å². The number of para-hydroxylation sites is 3. The van der Waals surface area contributed by atoms with Gasteiger partial charge in [0.2, 0.25) is 0 Å². The van der Waals surface area contributed by atoms with E-state index in [-0.39, 0.29) is 0 Å². The Hall–Kier alpha value is -5.90. The molecule has 8 aromatic carbocycles. The van der Waals surface area contributed by atoms with Crippen molar-refractivity contribution in [2.45, 2.75) is 0 Å². The van der Waals surface area contributed by atoms with Gasteiger partial charge in [-0.1, -0.05) is 91.0 Å². The van der Waals surface area contributed by atoms with Crippen LogP contribution in [-0.2, 0) is 0 Å². The molecule has 218 valence electrons. The van der Waals surface area contributed by atoms with Gasteiger partial charge in [-0.3, -0.25) is 0 Å². The van der Waals surface area contributed by atoms with Crippen LogP contribution < -0.4 is 0 Å². The summed E-state index contributed by atoms with van der Waals surface area (Å²) in [5.41, 5.74) is 7.94. The maximum atomic E-state index is 6.41. The number of aromatic nitrogens is 1. The second-order valence-corrected chi connectivity index (χ2v) is 13.5. The van der Waals surface area contributed by atoms with Crippen LogP contribution in [0.25, 0.3) is 102 Å². The summed E-state index contributed by atoms with van der Waals surface area (Å²) in [6.45, 7) is 0. The number of hydrogen-bond donors (Lipinski definition) is 0. The Balaban J connectivity index is 1.35. The first-order chi connectivity index (χ1) is 23.3. The van der Waals surface area contributed by atoms with Gasteiger partial charge in [0.15, 0.2) is 0 Å². The molecule has 11 aromatic rings. The largest absolute Gasteiger partial charge is 0.456 e.